The molecule has 11 heteroatoms. The molecule has 5 rings (SSSR count). The first-order valence-electron chi connectivity index (χ1n) is 15.1. The fourth-order valence-electron chi connectivity index (χ4n) is 7.03. The van der Waals surface area contributed by atoms with Gasteiger partial charge in [-0.3, -0.25) is 14.7 Å². The van der Waals surface area contributed by atoms with Gasteiger partial charge in [0.05, 0.1) is 11.9 Å². The zero-order valence-electron chi connectivity index (χ0n) is 24.3. The first-order chi connectivity index (χ1) is 19.9. The van der Waals surface area contributed by atoms with Crippen molar-refractivity contribution in [3.63, 3.8) is 0 Å². The lowest BCUT2D eigenvalue weighted by Gasteiger charge is -2.41. The van der Waals surface area contributed by atoms with E-state index in [4.69, 9.17) is 0 Å². The molecule has 3 aromatic heterocycles. The van der Waals surface area contributed by atoms with Gasteiger partial charge in [0.2, 0.25) is 11.9 Å². The van der Waals surface area contributed by atoms with Gasteiger partial charge in [-0.2, -0.15) is 9.49 Å². The van der Waals surface area contributed by atoms with Crippen molar-refractivity contribution >= 4 is 17.6 Å². The van der Waals surface area contributed by atoms with Crippen molar-refractivity contribution in [1.29, 1.82) is 0 Å². The molecule has 2 aliphatic rings. The molecular weight excluding hydrogens is 523 g/mol. The van der Waals surface area contributed by atoms with Gasteiger partial charge in [0.25, 0.3) is 5.91 Å². The molecule has 3 aromatic rings. The molecule has 10 nitrogen and oxygen atoms in total. The summed E-state index contributed by atoms with van der Waals surface area (Å²) in [6.07, 6.45) is 12.5. The fourth-order valence-corrected chi connectivity index (χ4v) is 7.03. The molecule has 220 valence electrons. The maximum absolute atomic E-state index is 15.3. The van der Waals surface area contributed by atoms with Gasteiger partial charge < -0.3 is 10.6 Å². The number of hydrogen-bond donors (Lipinski definition) is 3. The van der Waals surface area contributed by atoms with Crippen LogP contribution in [-0.4, -0.2) is 48.0 Å². The number of nitrogens with one attached hydrogen (secondary N) is 3. The summed E-state index contributed by atoms with van der Waals surface area (Å²) < 4.78 is 16.8. The van der Waals surface area contributed by atoms with Gasteiger partial charge in [-0.1, -0.05) is 69.4 Å². The Morgan fingerprint density at radius 3 is 2.27 bits per heavy atom. The smallest absolute Gasteiger partial charge is 0.271 e. The highest BCUT2D eigenvalue weighted by Crippen LogP contribution is 2.42. The molecule has 2 aliphatic carbocycles. The van der Waals surface area contributed by atoms with Crippen molar-refractivity contribution in [2.24, 2.45) is 17.8 Å². The number of nitrogens with zero attached hydrogens (tertiary/aromatic N) is 5. The number of pyridine rings is 1. The number of aromatic nitrogens is 6. The van der Waals surface area contributed by atoms with Crippen molar-refractivity contribution in [2.45, 2.75) is 97.6 Å². The van der Waals surface area contributed by atoms with E-state index in [0.29, 0.717) is 40.9 Å². The van der Waals surface area contributed by atoms with E-state index in [9.17, 15) is 9.59 Å². The molecule has 2 amide bonds. The zero-order valence-corrected chi connectivity index (χ0v) is 24.3. The Morgan fingerprint density at radius 2 is 1.71 bits per heavy atom. The molecule has 1 atom stereocenters. The average molecular weight is 565 g/mol. The third-order valence-electron chi connectivity index (χ3n) is 8.99. The fraction of sp³-hybridized carbons (Fsp3) is 0.600. The number of amides is 2. The van der Waals surface area contributed by atoms with Crippen LogP contribution >= 0.6 is 0 Å². The molecule has 0 saturated heterocycles. The average Bonchev–Trinajstić information content (AvgIpc) is 3.60. The second-order valence-corrected chi connectivity index (χ2v) is 11.6. The first kappa shape index (κ1) is 28.9. The van der Waals surface area contributed by atoms with Crippen molar-refractivity contribution < 1.29 is 14.0 Å². The molecule has 3 N–H and O–H groups in total. The molecule has 0 unspecified atom stereocenters. The van der Waals surface area contributed by atoms with Gasteiger partial charge in [-0.15, -0.1) is 5.10 Å². The van der Waals surface area contributed by atoms with Crippen LogP contribution in [0.3, 0.4) is 0 Å². The number of carbonyl (C=O) groups is 2. The van der Waals surface area contributed by atoms with Gasteiger partial charge in [-0.05, 0) is 50.7 Å². The van der Waals surface area contributed by atoms with E-state index in [-0.39, 0.29) is 23.6 Å². The number of aromatic amines is 1. The van der Waals surface area contributed by atoms with Gasteiger partial charge in [0, 0.05) is 23.4 Å². The highest BCUT2D eigenvalue weighted by atomic mass is 19.1. The number of H-pyrrole nitrogens is 1. The van der Waals surface area contributed by atoms with Crippen molar-refractivity contribution in [3.05, 3.63) is 41.4 Å². The lowest BCUT2D eigenvalue weighted by Crippen LogP contribution is -2.53. The van der Waals surface area contributed by atoms with E-state index in [2.05, 4.69) is 36.1 Å². The predicted molar refractivity (Wildman–Crippen MR) is 153 cm³/mol. The van der Waals surface area contributed by atoms with Gasteiger partial charge >= 0.3 is 0 Å². The van der Waals surface area contributed by atoms with Crippen LogP contribution < -0.4 is 10.6 Å². The lowest BCUT2D eigenvalue weighted by molar-refractivity contribution is -0.121. The third-order valence-corrected chi connectivity index (χ3v) is 8.99. The van der Waals surface area contributed by atoms with Crippen LogP contribution in [0.4, 0.5) is 10.2 Å². The molecule has 0 bridgehead atoms. The van der Waals surface area contributed by atoms with Crippen LogP contribution in [0.5, 0.6) is 0 Å². The largest absolute Gasteiger partial charge is 0.339 e. The van der Waals surface area contributed by atoms with Crippen LogP contribution in [0.15, 0.2) is 18.3 Å². The number of halogens is 1. The van der Waals surface area contributed by atoms with E-state index in [1.54, 1.807) is 19.1 Å². The molecule has 41 heavy (non-hydrogen) atoms. The highest BCUT2D eigenvalue weighted by Gasteiger charge is 2.41. The minimum Gasteiger partial charge on any atom is -0.339 e. The topological polar surface area (TPSA) is 130 Å². The normalized spacial score (nSPS) is 17.5. The minimum atomic E-state index is -0.795. The van der Waals surface area contributed by atoms with Crippen molar-refractivity contribution in [1.82, 2.24) is 35.5 Å². The maximum atomic E-state index is 15.3. The maximum Gasteiger partial charge on any atom is 0.271 e. The van der Waals surface area contributed by atoms with Gasteiger partial charge in [0.15, 0.2) is 0 Å². The van der Waals surface area contributed by atoms with Crippen LogP contribution in [0.25, 0.3) is 11.1 Å². The number of hydrogen-bond acceptors (Lipinski definition) is 6. The van der Waals surface area contributed by atoms with Crippen molar-refractivity contribution in [2.75, 3.05) is 5.32 Å². The standard InChI is InChI=1S/C30H41FN8O2/c1-4-39-23(17-32-38-39)29(40)35-27(26(20-11-7-5-8-12-20)21-13-9-6-10-14-21)30(41)34-24-16-15-22(28(31)33-24)25-18(2)36-37-19(25)3/h15-17,20-21,26-27H,4-14H2,1-3H3,(H,35,40)(H,36,37)(H,33,34,41)/t27-/m0/s1. The van der Waals surface area contributed by atoms with Crippen molar-refractivity contribution in [3.8, 4) is 11.1 Å². The zero-order chi connectivity index (χ0) is 28.9. The molecule has 2 saturated carbocycles. The van der Waals surface area contributed by atoms with E-state index in [1.807, 2.05) is 13.8 Å². The summed E-state index contributed by atoms with van der Waals surface area (Å²) in [5.74, 6) is -0.691. The summed E-state index contributed by atoms with van der Waals surface area (Å²) in [6, 6.07) is 2.42. The molecule has 0 aromatic carbocycles. The Labute approximate surface area is 240 Å². The molecule has 3 heterocycles. The Kier molecular flexibility index (Phi) is 9.09. The summed E-state index contributed by atoms with van der Waals surface area (Å²) in [4.78, 5) is 31.7. The Balaban J connectivity index is 1.46. The van der Waals surface area contributed by atoms with Crippen LogP contribution in [0.1, 0.15) is 93.0 Å². The van der Waals surface area contributed by atoms with E-state index >= 15 is 4.39 Å². The predicted octanol–water partition coefficient (Wildman–Crippen LogP) is 5.35. The summed E-state index contributed by atoms with van der Waals surface area (Å²) in [5, 5.41) is 20.9. The first-order valence-corrected chi connectivity index (χ1v) is 15.1. The second-order valence-electron chi connectivity index (χ2n) is 11.6. The third kappa shape index (κ3) is 6.33. The quantitative estimate of drug-likeness (QED) is 0.300. The van der Waals surface area contributed by atoms with Gasteiger partial charge in [0.1, 0.15) is 17.6 Å². The van der Waals surface area contributed by atoms with E-state index < -0.39 is 12.0 Å². The molecule has 0 aliphatic heterocycles. The molecule has 0 radical (unpaired) electrons. The monoisotopic (exact) mass is 564 g/mol. The van der Waals surface area contributed by atoms with E-state index in [0.717, 1.165) is 57.1 Å². The van der Waals surface area contributed by atoms with E-state index in [1.165, 1.54) is 23.7 Å². The Bertz CT molecular complexity index is 1320. The van der Waals surface area contributed by atoms with Crippen LogP contribution in [0, 0.1) is 37.5 Å². The SMILES string of the molecule is CCn1nncc1C(=O)N[C@H](C(=O)Nc1ccc(-c2c(C)n[nH]c2C)c(F)n1)C(C1CCCCC1)C1CCCCC1. The van der Waals surface area contributed by atoms with Crippen LogP contribution in [0.2, 0.25) is 0 Å². The Morgan fingerprint density at radius 1 is 1.05 bits per heavy atom. The molecule has 2 fully saturated rings. The number of anilines is 1. The number of rotatable bonds is 9. The number of aryl methyl sites for hydroxylation is 3. The second kappa shape index (κ2) is 12.9. The molecular formula is C30H41FN8O2. The summed E-state index contributed by atoms with van der Waals surface area (Å²) >= 11 is 0. The summed E-state index contributed by atoms with van der Waals surface area (Å²) in [5.41, 5.74) is 2.71. The molecule has 0 spiro atoms. The van der Waals surface area contributed by atoms with Crippen LogP contribution in [-0.2, 0) is 11.3 Å². The highest BCUT2D eigenvalue weighted by molar-refractivity contribution is 6.00. The minimum absolute atomic E-state index is 0.0224. The van der Waals surface area contributed by atoms with Gasteiger partial charge in [-0.25, -0.2) is 9.67 Å². The Hall–Kier alpha value is -3.63. The number of carbonyl (C=O) groups excluding carboxylic acids is 2. The summed E-state index contributed by atoms with van der Waals surface area (Å²) in [7, 11) is 0. The lowest BCUT2D eigenvalue weighted by atomic mass is 9.66. The summed E-state index contributed by atoms with van der Waals surface area (Å²) in [6.45, 7) is 6.00.